The van der Waals surface area contributed by atoms with Crippen molar-refractivity contribution in [2.45, 2.75) is 13.8 Å². The molecule has 1 N–H and O–H groups in total. The predicted octanol–water partition coefficient (Wildman–Crippen LogP) is 10.7. The van der Waals surface area contributed by atoms with Crippen LogP contribution < -0.4 is 0 Å². The number of rotatable bonds is 5. The van der Waals surface area contributed by atoms with E-state index < -0.39 is 0 Å². The van der Waals surface area contributed by atoms with Crippen LogP contribution in [-0.4, -0.2) is 24.7 Å². The molecule has 0 aliphatic heterocycles. The molecule has 234 valence electrons. The lowest BCUT2D eigenvalue weighted by atomic mass is 9.92. The van der Waals surface area contributed by atoms with E-state index in [1.54, 1.807) is 12.3 Å². The quantitative estimate of drug-likeness (QED) is 0.204. The first-order valence-electron chi connectivity index (χ1n) is 16.3. The number of aromatic nitrogens is 4. The van der Waals surface area contributed by atoms with Gasteiger partial charge in [-0.3, -0.25) is 0 Å². The van der Waals surface area contributed by atoms with Gasteiger partial charge in [-0.25, -0.2) is 14.5 Å². The standard InChI is InChI=1S/C43H30N4O2/c1-26-12-10-13-27(2)40(26)29-24-35(32-17-6-8-18-37(32)48)45-36(25-29)34-23-30(22-33-31-16-7-9-19-38(31)49-43(33)34)41-42(28-14-4-3-5-15-28)47-39(46-41)20-11-21-44-47/h3-25,48H,1-2H3. The second-order valence-electron chi connectivity index (χ2n) is 12.4. The predicted molar refractivity (Wildman–Crippen MR) is 196 cm³/mol. The Balaban J connectivity index is 1.39. The molecule has 0 fully saturated rings. The van der Waals surface area contributed by atoms with Crippen LogP contribution in [0.1, 0.15) is 11.1 Å². The summed E-state index contributed by atoms with van der Waals surface area (Å²) < 4.78 is 8.54. The van der Waals surface area contributed by atoms with Gasteiger partial charge in [-0.15, -0.1) is 0 Å². The molecule has 5 aromatic carbocycles. The number of hydrogen-bond acceptors (Lipinski definition) is 5. The fourth-order valence-electron chi connectivity index (χ4n) is 7.01. The molecule has 0 spiro atoms. The highest BCUT2D eigenvalue weighted by Gasteiger charge is 2.23. The fraction of sp³-hybridized carbons (Fsp3) is 0.0465. The zero-order chi connectivity index (χ0) is 33.1. The van der Waals surface area contributed by atoms with Crippen LogP contribution in [0.25, 0.3) is 83.7 Å². The van der Waals surface area contributed by atoms with Gasteiger partial charge in [0.15, 0.2) is 5.65 Å². The Labute approximate surface area is 282 Å². The summed E-state index contributed by atoms with van der Waals surface area (Å²) in [5.41, 5.74) is 13.3. The van der Waals surface area contributed by atoms with Gasteiger partial charge in [-0.1, -0.05) is 78.9 Å². The minimum Gasteiger partial charge on any atom is -0.507 e. The molecule has 9 rings (SSSR count). The van der Waals surface area contributed by atoms with E-state index in [9.17, 15) is 5.11 Å². The molecule has 49 heavy (non-hydrogen) atoms. The molecule has 0 saturated carbocycles. The second kappa shape index (κ2) is 11.3. The number of benzene rings is 5. The number of furan rings is 1. The first kappa shape index (κ1) is 28.7. The van der Waals surface area contributed by atoms with Gasteiger partial charge in [0.2, 0.25) is 0 Å². The Morgan fingerprint density at radius 1 is 0.592 bits per heavy atom. The lowest BCUT2D eigenvalue weighted by Crippen LogP contribution is -1.95. The van der Waals surface area contributed by atoms with Crippen molar-refractivity contribution < 1.29 is 9.52 Å². The number of fused-ring (bicyclic) bond motifs is 4. The van der Waals surface area contributed by atoms with Crippen LogP contribution in [0.2, 0.25) is 0 Å². The molecular weight excluding hydrogens is 604 g/mol. The highest BCUT2D eigenvalue weighted by molar-refractivity contribution is 6.11. The van der Waals surface area contributed by atoms with Gasteiger partial charge in [-0.05, 0) is 90.7 Å². The van der Waals surface area contributed by atoms with Crippen molar-refractivity contribution in [3.63, 3.8) is 0 Å². The van der Waals surface area contributed by atoms with Gasteiger partial charge in [0.05, 0.1) is 17.1 Å². The first-order valence-corrected chi connectivity index (χ1v) is 16.3. The number of pyridine rings is 1. The number of nitrogens with zero attached hydrogens (tertiary/aromatic N) is 4. The minimum atomic E-state index is 0.173. The monoisotopic (exact) mass is 634 g/mol. The molecule has 0 aliphatic carbocycles. The average molecular weight is 635 g/mol. The van der Waals surface area contributed by atoms with Crippen molar-refractivity contribution >= 4 is 27.6 Å². The molecule has 0 bridgehead atoms. The Bertz CT molecular complexity index is 2690. The van der Waals surface area contributed by atoms with Gasteiger partial charge < -0.3 is 9.52 Å². The number of phenols is 1. The third-order valence-corrected chi connectivity index (χ3v) is 9.24. The van der Waals surface area contributed by atoms with E-state index in [0.29, 0.717) is 11.3 Å². The highest BCUT2D eigenvalue weighted by Crippen LogP contribution is 2.43. The Morgan fingerprint density at radius 3 is 2.14 bits per heavy atom. The summed E-state index contributed by atoms with van der Waals surface area (Å²) in [5, 5.41) is 17.7. The SMILES string of the molecule is Cc1cccc(C)c1-c1cc(-c2ccccc2O)nc(-c2cc(-c3nc4cccnn4c3-c3ccccc3)cc3c2oc2ccccc23)c1. The maximum atomic E-state index is 11.0. The van der Waals surface area contributed by atoms with Gasteiger partial charge in [-0.2, -0.15) is 5.10 Å². The smallest absolute Gasteiger partial charge is 0.154 e. The molecule has 9 aromatic rings. The number of imidazole rings is 1. The van der Waals surface area contributed by atoms with Crippen LogP contribution in [0.3, 0.4) is 0 Å². The average Bonchev–Trinajstić information content (AvgIpc) is 3.71. The van der Waals surface area contributed by atoms with E-state index in [2.05, 4.69) is 74.5 Å². The molecule has 0 unspecified atom stereocenters. The molecule has 0 amide bonds. The molecule has 4 heterocycles. The molecule has 6 nitrogen and oxygen atoms in total. The van der Waals surface area contributed by atoms with Gasteiger partial charge in [0.1, 0.15) is 22.6 Å². The van der Waals surface area contributed by atoms with Crippen LogP contribution in [-0.2, 0) is 0 Å². The molecule has 0 saturated heterocycles. The molecule has 0 aliphatic rings. The largest absolute Gasteiger partial charge is 0.507 e. The number of para-hydroxylation sites is 2. The van der Waals surface area contributed by atoms with E-state index in [-0.39, 0.29) is 5.75 Å². The maximum Gasteiger partial charge on any atom is 0.154 e. The summed E-state index contributed by atoms with van der Waals surface area (Å²) >= 11 is 0. The summed E-state index contributed by atoms with van der Waals surface area (Å²) in [5.74, 6) is 0.173. The van der Waals surface area contributed by atoms with Crippen molar-refractivity contribution in [2.75, 3.05) is 0 Å². The summed E-state index contributed by atoms with van der Waals surface area (Å²) in [4.78, 5) is 10.4. The third-order valence-electron chi connectivity index (χ3n) is 9.24. The second-order valence-corrected chi connectivity index (χ2v) is 12.4. The van der Waals surface area contributed by atoms with Gasteiger partial charge in [0, 0.05) is 39.2 Å². The fourth-order valence-corrected chi connectivity index (χ4v) is 7.01. The van der Waals surface area contributed by atoms with E-state index in [4.69, 9.17) is 19.5 Å². The van der Waals surface area contributed by atoms with Gasteiger partial charge >= 0.3 is 0 Å². The molecule has 6 heteroatoms. The maximum absolute atomic E-state index is 11.0. The van der Waals surface area contributed by atoms with Crippen LogP contribution in [0.15, 0.2) is 144 Å². The first-order chi connectivity index (χ1) is 24.0. The minimum absolute atomic E-state index is 0.173. The summed E-state index contributed by atoms with van der Waals surface area (Å²) in [6.45, 7) is 4.26. The number of phenolic OH excluding ortho intramolecular Hbond substituents is 1. The lowest BCUT2D eigenvalue weighted by Gasteiger charge is -2.15. The van der Waals surface area contributed by atoms with E-state index in [0.717, 1.165) is 83.6 Å². The molecule has 0 atom stereocenters. The van der Waals surface area contributed by atoms with Gasteiger partial charge in [0.25, 0.3) is 0 Å². The lowest BCUT2D eigenvalue weighted by molar-refractivity contribution is 0.477. The number of aromatic hydroxyl groups is 1. The van der Waals surface area contributed by atoms with Crippen molar-refractivity contribution in [3.05, 3.63) is 151 Å². The zero-order valence-electron chi connectivity index (χ0n) is 26.9. The summed E-state index contributed by atoms with van der Waals surface area (Å²) in [6, 6.07) is 44.4. The Kier molecular flexibility index (Phi) is 6.62. The topological polar surface area (TPSA) is 76.5 Å². The highest BCUT2D eigenvalue weighted by atomic mass is 16.3. The third kappa shape index (κ3) is 4.76. The molecule has 0 radical (unpaired) electrons. The van der Waals surface area contributed by atoms with E-state index >= 15 is 0 Å². The molecular formula is C43H30N4O2. The van der Waals surface area contributed by atoms with Crippen molar-refractivity contribution in [1.29, 1.82) is 0 Å². The summed E-state index contributed by atoms with van der Waals surface area (Å²) in [6.07, 6.45) is 1.78. The van der Waals surface area contributed by atoms with E-state index in [1.165, 1.54) is 0 Å². The van der Waals surface area contributed by atoms with Crippen LogP contribution in [0.4, 0.5) is 0 Å². The Morgan fingerprint density at radius 2 is 1.33 bits per heavy atom. The Hall–Kier alpha value is -6.53. The van der Waals surface area contributed by atoms with Crippen molar-refractivity contribution in [3.8, 4) is 61.9 Å². The van der Waals surface area contributed by atoms with Crippen molar-refractivity contribution in [1.82, 2.24) is 19.6 Å². The van der Waals surface area contributed by atoms with Crippen LogP contribution in [0.5, 0.6) is 5.75 Å². The zero-order valence-corrected chi connectivity index (χ0v) is 26.9. The van der Waals surface area contributed by atoms with Crippen LogP contribution in [0, 0.1) is 13.8 Å². The number of aryl methyl sites for hydroxylation is 2. The normalized spacial score (nSPS) is 11.6. The molecule has 4 aromatic heterocycles. The number of hydrogen-bond donors (Lipinski definition) is 1. The van der Waals surface area contributed by atoms with Crippen molar-refractivity contribution in [2.24, 2.45) is 0 Å². The van der Waals surface area contributed by atoms with Crippen LogP contribution >= 0.6 is 0 Å². The summed E-state index contributed by atoms with van der Waals surface area (Å²) in [7, 11) is 0. The van der Waals surface area contributed by atoms with E-state index in [1.807, 2.05) is 71.2 Å².